The van der Waals surface area contributed by atoms with Crippen LogP contribution in [0.3, 0.4) is 0 Å². The van der Waals surface area contributed by atoms with Gasteiger partial charge in [0.05, 0.1) is 6.54 Å². The van der Waals surface area contributed by atoms with E-state index in [2.05, 4.69) is 20.1 Å². The largest absolute Gasteiger partial charge is 0.354 e. The monoisotopic (exact) mass is 328 g/mol. The van der Waals surface area contributed by atoms with Gasteiger partial charge in [0.2, 0.25) is 5.91 Å². The summed E-state index contributed by atoms with van der Waals surface area (Å²) in [6.07, 6.45) is 1.79. The fourth-order valence-electron chi connectivity index (χ4n) is 2.77. The number of rotatable bonds is 5. The van der Waals surface area contributed by atoms with Crippen molar-refractivity contribution in [2.45, 2.75) is 6.54 Å². The van der Waals surface area contributed by atoms with E-state index in [-0.39, 0.29) is 18.3 Å². The molecule has 1 N–H and O–H groups in total. The third kappa shape index (κ3) is 4.29. The predicted octanol–water partition coefficient (Wildman–Crippen LogP) is 1.66. The summed E-state index contributed by atoms with van der Waals surface area (Å²) in [5, 5.41) is 2.78. The summed E-state index contributed by atoms with van der Waals surface area (Å²) in [4.78, 5) is 20.7. The van der Waals surface area contributed by atoms with Crippen LogP contribution in [0.2, 0.25) is 0 Å². The maximum absolute atomic E-state index is 13.5. The van der Waals surface area contributed by atoms with E-state index < -0.39 is 0 Å². The molecule has 0 unspecified atom stereocenters. The van der Waals surface area contributed by atoms with Gasteiger partial charge >= 0.3 is 0 Å². The smallest absolute Gasteiger partial charge is 0.234 e. The molecule has 0 saturated carbocycles. The quantitative estimate of drug-likeness (QED) is 0.907. The van der Waals surface area contributed by atoms with E-state index in [4.69, 9.17) is 0 Å². The van der Waals surface area contributed by atoms with Gasteiger partial charge < -0.3 is 10.2 Å². The van der Waals surface area contributed by atoms with Gasteiger partial charge in [-0.2, -0.15) is 0 Å². The number of carbonyl (C=O) groups is 1. The molecule has 1 amide bonds. The van der Waals surface area contributed by atoms with E-state index in [0.717, 1.165) is 32.0 Å². The third-order valence-corrected chi connectivity index (χ3v) is 4.15. The molecule has 0 spiro atoms. The molecule has 1 fully saturated rings. The number of hydrogen-bond donors (Lipinski definition) is 1. The summed E-state index contributed by atoms with van der Waals surface area (Å²) in [5.74, 6) is 0.604. The second-order valence-electron chi connectivity index (χ2n) is 5.82. The van der Waals surface area contributed by atoms with E-state index in [1.54, 1.807) is 24.4 Å². The van der Waals surface area contributed by atoms with Gasteiger partial charge in [-0.1, -0.05) is 24.3 Å². The average molecular weight is 328 g/mol. The van der Waals surface area contributed by atoms with Crippen molar-refractivity contribution in [3.8, 4) is 0 Å². The highest BCUT2D eigenvalue weighted by Crippen LogP contribution is 2.12. The Labute approximate surface area is 141 Å². The van der Waals surface area contributed by atoms with Crippen LogP contribution in [0.15, 0.2) is 48.7 Å². The lowest BCUT2D eigenvalue weighted by molar-refractivity contribution is -0.122. The van der Waals surface area contributed by atoms with E-state index in [0.29, 0.717) is 12.1 Å². The Morgan fingerprint density at radius 3 is 2.54 bits per heavy atom. The van der Waals surface area contributed by atoms with Gasteiger partial charge in [0.25, 0.3) is 0 Å². The van der Waals surface area contributed by atoms with Crippen molar-refractivity contribution in [1.29, 1.82) is 0 Å². The first-order valence-corrected chi connectivity index (χ1v) is 8.11. The summed E-state index contributed by atoms with van der Waals surface area (Å²) in [7, 11) is 0. The maximum atomic E-state index is 13.5. The summed E-state index contributed by atoms with van der Waals surface area (Å²) >= 11 is 0. The molecule has 24 heavy (non-hydrogen) atoms. The zero-order valence-electron chi connectivity index (χ0n) is 13.5. The fourth-order valence-corrected chi connectivity index (χ4v) is 2.77. The highest BCUT2D eigenvalue weighted by atomic mass is 19.1. The van der Waals surface area contributed by atoms with Crippen LogP contribution in [-0.4, -0.2) is 48.5 Å². The zero-order valence-corrected chi connectivity index (χ0v) is 13.5. The molecule has 126 valence electrons. The number of halogens is 1. The molecular formula is C18H21FN4O. The van der Waals surface area contributed by atoms with Crippen LogP contribution in [-0.2, 0) is 11.3 Å². The fraction of sp³-hybridized carbons (Fsp3) is 0.333. The maximum Gasteiger partial charge on any atom is 0.234 e. The molecule has 3 rings (SSSR count). The van der Waals surface area contributed by atoms with Gasteiger partial charge in [0, 0.05) is 44.5 Å². The minimum absolute atomic E-state index is 0.0791. The molecule has 0 radical (unpaired) electrons. The Kier molecular flexibility index (Phi) is 5.38. The van der Waals surface area contributed by atoms with Crippen LogP contribution in [0, 0.1) is 5.82 Å². The molecule has 1 saturated heterocycles. The number of benzene rings is 1. The van der Waals surface area contributed by atoms with Crippen LogP contribution in [0.1, 0.15) is 5.56 Å². The molecule has 0 atom stereocenters. The van der Waals surface area contributed by atoms with Gasteiger partial charge in [0.1, 0.15) is 11.6 Å². The average Bonchev–Trinajstić information content (AvgIpc) is 2.62. The number of nitrogens with zero attached hydrogens (tertiary/aromatic N) is 3. The predicted molar refractivity (Wildman–Crippen MR) is 91.1 cm³/mol. The lowest BCUT2D eigenvalue weighted by Gasteiger charge is -2.34. The van der Waals surface area contributed by atoms with Gasteiger partial charge in [-0.25, -0.2) is 9.37 Å². The lowest BCUT2D eigenvalue weighted by atomic mass is 10.2. The van der Waals surface area contributed by atoms with Gasteiger partial charge in [0.15, 0.2) is 0 Å². The van der Waals surface area contributed by atoms with Crippen molar-refractivity contribution < 1.29 is 9.18 Å². The second kappa shape index (κ2) is 7.88. The molecule has 0 aliphatic carbocycles. The van der Waals surface area contributed by atoms with Crippen molar-refractivity contribution in [3.63, 3.8) is 0 Å². The number of anilines is 1. The lowest BCUT2D eigenvalue weighted by Crippen LogP contribution is -2.49. The number of pyridine rings is 1. The molecule has 1 aromatic carbocycles. The first kappa shape index (κ1) is 16.4. The number of nitrogens with one attached hydrogen (secondary N) is 1. The Hall–Kier alpha value is -2.47. The Morgan fingerprint density at radius 1 is 1.08 bits per heavy atom. The highest BCUT2D eigenvalue weighted by Gasteiger charge is 2.19. The highest BCUT2D eigenvalue weighted by molar-refractivity contribution is 5.78. The van der Waals surface area contributed by atoms with E-state index >= 15 is 0 Å². The first-order valence-electron chi connectivity index (χ1n) is 8.11. The van der Waals surface area contributed by atoms with Crippen molar-refractivity contribution >= 4 is 11.7 Å². The molecule has 2 heterocycles. The molecule has 6 heteroatoms. The topological polar surface area (TPSA) is 48.5 Å². The van der Waals surface area contributed by atoms with Crippen molar-refractivity contribution in [3.05, 3.63) is 60.0 Å². The standard InChI is InChI=1S/C18H21FN4O/c19-16-6-2-1-5-15(16)13-21-18(24)14-22-9-11-23(12-10-22)17-7-3-4-8-20-17/h1-8H,9-14H2,(H,21,24). The molecule has 2 aromatic rings. The number of aromatic nitrogens is 1. The van der Waals surface area contributed by atoms with Gasteiger partial charge in [-0.15, -0.1) is 0 Å². The molecular weight excluding hydrogens is 307 g/mol. The third-order valence-electron chi connectivity index (χ3n) is 4.15. The Morgan fingerprint density at radius 2 is 1.83 bits per heavy atom. The summed E-state index contributed by atoms with van der Waals surface area (Å²) in [5.41, 5.74) is 0.505. The van der Waals surface area contributed by atoms with Crippen molar-refractivity contribution in [2.24, 2.45) is 0 Å². The van der Waals surface area contributed by atoms with Gasteiger partial charge in [-0.05, 0) is 18.2 Å². The van der Waals surface area contributed by atoms with Crippen LogP contribution in [0.4, 0.5) is 10.2 Å². The minimum atomic E-state index is -0.290. The second-order valence-corrected chi connectivity index (χ2v) is 5.82. The molecule has 5 nitrogen and oxygen atoms in total. The van der Waals surface area contributed by atoms with E-state index in [1.165, 1.54) is 6.07 Å². The van der Waals surface area contributed by atoms with Crippen LogP contribution >= 0.6 is 0 Å². The van der Waals surface area contributed by atoms with Crippen LogP contribution in [0.5, 0.6) is 0 Å². The Balaban J connectivity index is 1.43. The van der Waals surface area contributed by atoms with E-state index in [9.17, 15) is 9.18 Å². The SMILES string of the molecule is O=C(CN1CCN(c2ccccn2)CC1)NCc1ccccc1F. The first-order chi connectivity index (χ1) is 11.7. The normalized spacial score (nSPS) is 15.3. The number of piperazine rings is 1. The number of amides is 1. The van der Waals surface area contributed by atoms with Gasteiger partial charge in [-0.3, -0.25) is 9.69 Å². The molecule has 1 aromatic heterocycles. The van der Waals surface area contributed by atoms with E-state index in [1.807, 2.05) is 18.2 Å². The molecule has 1 aliphatic rings. The van der Waals surface area contributed by atoms with Crippen molar-refractivity contribution in [1.82, 2.24) is 15.2 Å². The van der Waals surface area contributed by atoms with Crippen LogP contribution in [0.25, 0.3) is 0 Å². The number of carbonyl (C=O) groups excluding carboxylic acids is 1. The number of hydrogen-bond acceptors (Lipinski definition) is 4. The summed E-state index contributed by atoms with van der Waals surface area (Å²) < 4.78 is 13.5. The summed E-state index contributed by atoms with van der Waals surface area (Å²) in [6, 6.07) is 12.4. The summed E-state index contributed by atoms with van der Waals surface area (Å²) in [6.45, 7) is 3.87. The van der Waals surface area contributed by atoms with Crippen LogP contribution < -0.4 is 10.2 Å². The Bertz CT molecular complexity index is 672. The molecule has 1 aliphatic heterocycles. The molecule has 0 bridgehead atoms. The van der Waals surface area contributed by atoms with Crippen molar-refractivity contribution in [2.75, 3.05) is 37.6 Å². The minimum Gasteiger partial charge on any atom is -0.354 e. The zero-order chi connectivity index (χ0) is 16.8.